The maximum absolute atomic E-state index is 12.8. The summed E-state index contributed by atoms with van der Waals surface area (Å²) >= 11 is 0. The number of alkyl halides is 3. The van der Waals surface area contributed by atoms with Crippen molar-refractivity contribution in [3.8, 4) is 0 Å². The van der Waals surface area contributed by atoms with E-state index in [1.165, 1.54) is 17.0 Å². The quantitative estimate of drug-likeness (QED) is 0.478. The molecule has 33 heavy (non-hydrogen) atoms. The van der Waals surface area contributed by atoms with E-state index in [2.05, 4.69) is 10.3 Å². The minimum absolute atomic E-state index is 0.0815. The Morgan fingerprint density at radius 2 is 1.79 bits per heavy atom. The Labute approximate surface area is 186 Å². The normalized spacial score (nSPS) is 11.4. The highest BCUT2D eigenvalue weighted by atomic mass is 19.4. The van der Waals surface area contributed by atoms with E-state index in [0.29, 0.717) is 16.5 Å². The minimum atomic E-state index is -4.48. The lowest BCUT2D eigenvalue weighted by atomic mass is 10.1. The van der Waals surface area contributed by atoms with Crippen LogP contribution >= 0.6 is 0 Å². The Kier molecular flexibility index (Phi) is 7.41. The smallest absolute Gasteiger partial charge is 0.416 e. The van der Waals surface area contributed by atoms with Gasteiger partial charge in [-0.2, -0.15) is 13.2 Å². The van der Waals surface area contributed by atoms with Gasteiger partial charge in [0.05, 0.1) is 24.1 Å². The highest BCUT2D eigenvalue weighted by Crippen LogP contribution is 2.29. The van der Waals surface area contributed by atoms with Gasteiger partial charge in [0.15, 0.2) is 0 Å². The van der Waals surface area contributed by atoms with Gasteiger partial charge in [-0.05, 0) is 36.8 Å². The van der Waals surface area contributed by atoms with Gasteiger partial charge in [0.2, 0.25) is 5.91 Å². The van der Waals surface area contributed by atoms with Crippen molar-refractivity contribution in [3.05, 3.63) is 70.0 Å². The first-order valence-corrected chi connectivity index (χ1v) is 10.1. The van der Waals surface area contributed by atoms with Crippen LogP contribution in [0.25, 0.3) is 10.9 Å². The van der Waals surface area contributed by atoms with Crippen LogP contribution in [0.3, 0.4) is 0 Å². The molecule has 1 heterocycles. The first kappa shape index (κ1) is 23.9. The van der Waals surface area contributed by atoms with Gasteiger partial charge in [-0.3, -0.25) is 14.4 Å². The fraction of sp³-hybridized carbons (Fsp3) is 0.318. The SMILES string of the molecule is CCOC(=O)CN(Cc1ccc(C(F)(F)F)cc1)C(=O)CCn1nnc2ccccc2c1=O. The average Bonchev–Trinajstić information content (AvgIpc) is 2.78. The van der Waals surface area contributed by atoms with Crippen molar-refractivity contribution in [2.24, 2.45) is 0 Å². The first-order valence-electron chi connectivity index (χ1n) is 10.1. The maximum Gasteiger partial charge on any atom is 0.416 e. The number of hydrogen-bond donors (Lipinski definition) is 0. The average molecular weight is 462 g/mol. The lowest BCUT2D eigenvalue weighted by Gasteiger charge is -2.22. The molecule has 0 aliphatic rings. The number of amides is 1. The number of esters is 1. The van der Waals surface area contributed by atoms with Crippen molar-refractivity contribution in [3.63, 3.8) is 0 Å². The number of hydrogen-bond acceptors (Lipinski definition) is 6. The second-order valence-electron chi connectivity index (χ2n) is 7.13. The van der Waals surface area contributed by atoms with Crippen molar-refractivity contribution < 1.29 is 27.5 Å². The summed E-state index contributed by atoms with van der Waals surface area (Å²) in [4.78, 5) is 38.5. The Hall–Kier alpha value is -3.76. The molecule has 0 N–H and O–H groups in total. The zero-order valence-electron chi connectivity index (χ0n) is 17.7. The van der Waals surface area contributed by atoms with E-state index < -0.39 is 29.2 Å². The van der Waals surface area contributed by atoms with Crippen LogP contribution in [0, 0.1) is 0 Å². The van der Waals surface area contributed by atoms with Crippen molar-refractivity contribution in [1.29, 1.82) is 0 Å². The highest BCUT2D eigenvalue weighted by molar-refractivity contribution is 5.82. The van der Waals surface area contributed by atoms with Crippen LogP contribution in [0.2, 0.25) is 0 Å². The van der Waals surface area contributed by atoms with Crippen LogP contribution in [0.15, 0.2) is 53.3 Å². The molecule has 0 bridgehead atoms. The Morgan fingerprint density at radius 3 is 2.45 bits per heavy atom. The summed E-state index contributed by atoms with van der Waals surface area (Å²) in [6.45, 7) is 1.16. The van der Waals surface area contributed by atoms with Crippen molar-refractivity contribution in [1.82, 2.24) is 19.9 Å². The molecule has 2 aromatic carbocycles. The molecule has 0 spiro atoms. The summed E-state index contributed by atoms with van der Waals surface area (Å²) in [5, 5.41) is 8.14. The molecular weight excluding hydrogens is 441 g/mol. The molecule has 0 unspecified atom stereocenters. The Balaban J connectivity index is 1.74. The number of fused-ring (bicyclic) bond motifs is 1. The van der Waals surface area contributed by atoms with Crippen LogP contribution in [-0.4, -0.2) is 44.9 Å². The van der Waals surface area contributed by atoms with Crippen molar-refractivity contribution >= 4 is 22.8 Å². The summed E-state index contributed by atoms with van der Waals surface area (Å²) < 4.78 is 44.3. The van der Waals surface area contributed by atoms with E-state index in [9.17, 15) is 27.6 Å². The number of aryl methyl sites for hydroxylation is 1. The van der Waals surface area contributed by atoms with E-state index in [-0.39, 0.29) is 32.7 Å². The number of halogens is 3. The molecule has 1 aromatic heterocycles. The van der Waals surface area contributed by atoms with Gasteiger partial charge in [0.1, 0.15) is 12.1 Å². The lowest BCUT2D eigenvalue weighted by molar-refractivity contribution is -0.149. The van der Waals surface area contributed by atoms with Gasteiger partial charge in [0, 0.05) is 13.0 Å². The number of carbonyl (C=O) groups is 2. The molecular formula is C22H21F3N4O4. The fourth-order valence-electron chi connectivity index (χ4n) is 3.14. The largest absolute Gasteiger partial charge is 0.465 e. The molecule has 0 atom stereocenters. The van der Waals surface area contributed by atoms with Crippen LogP contribution in [0.1, 0.15) is 24.5 Å². The Morgan fingerprint density at radius 1 is 1.09 bits per heavy atom. The molecule has 0 aliphatic carbocycles. The maximum atomic E-state index is 12.8. The first-order chi connectivity index (χ1) is 15.7. The van der Waals surface area contributed by atoms with E-state index in [1.807, 2.05) is 0 Å². The van der Waals surface area contributed by atoms with Crippen LogP contribution in [0.5, 0.6) is 0 Å². The zero-order valence-corrected chi connectivity index (χ0v) is 17.7. The number of rotatable bonds is 8. The standard InChI is InChI=1S/C22H21F3N4O4/c1-2-33-20(31)14-28(13-15-7-9-16(10-8-15)22(23,24)25)19(30)11-12-29-21(32)17-5-3-4-6-18(17)26-27-29/h3-10H,2,11-14H2,1H3. The topological polar surface area (TPSA) is 94.4 Å². The van der Waals surface area contributed by atoms with E-state index in [1.54, 1.807) is 31.2 Å². The van der Waals surface area contributed by atoms with Crippen LogP contribution in [0.4, 0.5) is 13.2 Å². The van der Waals surface area contributed by atoms with Crippen molar-refractivity contribution in [2.45, 2.75) is 32.6 Å². The number of benzene rings is 2. The predicted octanol–water partition coefficient (Wildman–Crippen LogP) is 2.79. The van der Waals surface area contributed by atoms with Gasteiger partial charge in [-0.25, -0.2) is 4.68 Å². The molecule has 0 aliphatic heterocycles. The summed E-state index contributed by atoms with van der Waals surface area (Å²) in [6, 6.07) is 11.0. The zero-order chi connectivity index (χ0) is 24.0. The molecule has 0 saturated heterocycles. The van der Waals surface area contributed by atoms with Gasteiger partial charge in [-0.1, -0.05) is 29.5 Å². The number of aromatic nitrogens is 3. The fourth-order valence-corrected chi connectivity index (χ4v) is 3.14. The van der Waals surface area contributed by atoms with Crippen LogP contribution in [-0.2, 0) is 33.6 Å². The summed E-state index contributed by atoms with van der Waals surface area (Å²) in [6.07, 6.45) is -4.65. The Bertz CT molecular complexity index is 1190. The highest BCUT2D eigenvalue weighted by Gasteiger charge is 2.30. The third-order valence-corrected chi connectivity index (χ3v) is 4.80. The third kappa shape index (κ3) is 6.15. The van der Waals surface area contributed by atoms with E-state index in [0.717, 1.165) is 16.8 Å². The van der Waals surface area contributed by atoms with Crippen LogP contribution < -0.4 is 5.56 Å². The van der Waals surface area contributed by atoms with Gasteiger partial charge in [0.25, 0.3) is 5.56 Å². The number of carbonyl (C=O) groups excluding carboxylic acids is 2. The predicted molar refractivity (Wildman–Crippen MR) is 112 cm³/mol. The molecule has 3 aromatic rings. The monoisotopic (exact) mass is 462 g/mol. The molecule has 3 rings (SSSR count). The van der Waals surface area contributed by atoms with E-state index in [4.69, 9.17) is 4.74 Å². The molecule has 1 amide bonds. The van der Waals surface area contributed by atoms with Gasteiger partial charge >= 0.3 is 12.1 Å². The summed E-state index contributed by atoms with van der Waals surface area (Å²) in [7, 11) is 0. The molecule has 0 saturated carbocycles. The molecule has 0 fully saturated rings. The van der Waals surface area contributed by atoms with Gasteiger partial charge < -0.3 is 9.64 Å². The third-order valence-electron chi connectivity index (χ3n) is 4.80. The molecule has 0 radical (unpaired) electrons. The molecule has 8 nitrogen and oxygen atoms in total. The van der Waals surface area contributed by atoms with Crippen molar-refractivity contribution in [2.75, 3.05) is 13.2 Å². The summed E-state index contributed by atoms with van der Waals surface area (Å²) in [5.74, 6) is -1.15. The number of ether oxygens (including phenoxy) is 1. The number of nitrogens with zero attached hydrogens (tertiary/aromatic N) is 4. The molecule has 174 valence electrons. The molecule has 11 heteroatoms. The van der Waals surface area contributed by atoms with Gasteiger partial charge in [-0.15, -0.1) is 5.10 Å². The second kappa shape index (κ2) is 10.2. The van der Waals surface area contributed by atoms with E-state index >= 15 is 0 Å². The minimum Gasteiger partial charge on any atom is -0.465 e. The lowest BCUT2D eigenvalue weighted by Crippen LogP contribution is -2.37. The second-order valence-corrected chi connectivity index (χ2v) is 7.13. The summed E-state index contributed by atoms with van der Waals surface area (Å²) in [5.41, 5.74) is -0.392.